The highest BCUT2D eigenvalue weighted by atomic mass is 16.5. The van der Waals surface area contributed by atoms with Crippen molar-refractivity contribution in [2.75, 3.05) is 20.3 Å². The molecular formula is C14H21NO2. The van der Waals surface area contributed by atoms with Crippen molar-refractivity contribution in [3.63, 3.8) is 0 Å². The van der Waals surface area contributed by atoms with E-state index in [0.717, 1.165) is 31.6 Å². The molecule has 0 aromatic heterocycles. The summed E-state index contributed by atoms with van der Waals surface area (Å²) >= 11 is 0. The monoisotopic (exact) mass is 235 g/mol. The van der Waals surface area contributed by atoms with Crippen molar-refractivity contribution in [2.45, 2.75) is 31.7 Å². The standard InChI is InChI=1S/C14H21NO2/c1-17-14-6-4-11-3-5-13(9-12(11)10-14)15-7-2-8-16/h4,6,10,13,15-16H,2-3,5,7-9H2,1H3. The van der Waals surface area contributed by atoms with E-state index in [9.17, 15) is 0 Å². The number of ether oxygens (including phenoxy) is 1. The van der Waals surface area contributed by atoms with Gasteiger partial charge in [0.15, 0.2) is 0 Å². The molecule has 1 aromatic carbocycles. The molecule has 1 aliphatic rings. The molecule has 1 unspecified atom stereocenters. The summed E-state index contributed by atoms with van der Waals surface area (Å²) in [6.45, 7) is 1.17. The second kappa shape index (κ2) is 6.03. The summed E-state index contributed by atoms with van der Waals surface area (Å²) in [6.07, 6.45) is 4.22. The molecule has 1 aromatic rings. The Balaban J connectivity index is 1.96. The molecule has 2 rings (SSSR count). The molecule has 0 saturated heterocycles. The molecule has 17 heavy (non-hydrogen) atoms. The number of hydrogen-bond acceptors (Lipinski definition) is 3. The predicted molar refractivity (Wildman–Crippen MR) is 68.5 cm³/mol. The normalized spacial score (nSPS) is 18.8. The number of rotatable bonds is 5. The molecule has 94 valence electrons. The van der Waals surface area contributed by atoms with Crippen molar-refractivity contribution in [3.8, 4) is 5.75 Å². The van der Waals surface area contributed by atoms with Crippen LogP contribution in [0.3, 0.4) is 0 Å². The van der Waals surface area contributed by atoms with Crippen LogP contribution in [-0.4, -0.2) is 31.4 Å². The van der Waals surface area contributed by atoms with Gasteiger partial charge in [0.05, 0.1) is 7.11 Å². The molecule has 0 saturated carbocycles. The maximum absolute atomic E-state index is 8.77. The van der Waals surface area contributed by atoms with Crippen LogP contribution in [0.15, 0.2) is 18.2 Å². The van der Waals surface area contributed by atoms with Gasteiger partial charge in [0.1, 0.15) is 5.75 Å². The minimum Gasteiger partial charge on any atom is -0.497 e. The van der Waals surface area contributed by atoms with Gasteiger partial charge in [-0.05, 0) is 55.5 Å². The minimum absolute atomic E-state index is 0.268. The fraction of sp³-hybridized carbons (Fsp3) is 0.571. The predicted octanol–water partition coefficient (Wildman–Crippen LogP) is 1.52. The molecular weight excluding hydrogens is 214 g/mol. The SMILES string of the molecule is COc1ccc2c(c1)CC(NCCCO)CC2. The van der Waals surface area contributed by atoms with Gasteiger partial charge in [0.2, 0.25) is 0 Å². The number of nitrogens with one attached hydrogen (secondary N) is 1. The fourth-order valence-electron chi connectivity index (χ4n) is 2.42. The Bertz CT molecular complexity index is 365. The summed E-state index contributed by atoms with van der Waals surface area (Å²) in [5.74, 6) is 0.944. The van der Waals surface area contributed by atoms with E-state index < -0.39 is 0 Å². The van der Waals surface area contributed by atoms with Crippen LogP contribution in [0.2, 0.25) is 0 Å². The third-order valence-electron chi connectivity index (χ3n) is 3.41. The molecule has 1 atom stereocenters. The Morgan fingerprint density at radius 2 is 2.29 bits per heavy atom. The molecule has 0 heterocycles. The Hall–Kier alpha value is -1.06. The van der Waals surface area contributed by atoms with Crippen LogP contribution in [0.1, 0.15) is 24.0 Å². The van der Waals surface area contributed by atoms with Crippen molar-refractivity contribution in [1.82, 2.24) is 5.32 Å². The van der Waals surface area contributed by atoms with Gasteiger partial charge in [-0.3, -0.25) is 0 Å². The maximum Gasteiger partial charge on any atom is 0.119 e. The van der Waals surface area contributed by atoms with Gasteiger partial charge in [0, 0.05) is 12.6 Å². The number of aliphatic hydroxyl groups is 1. The average Bonchev–Trinajstić information content (AvgIpc) is 2.38. The van der Waals surface area contributed by atoms with Gasteiger partial charge in [-0.25, -0.2) is 0 Å². The van der Waals surface area contributed by atoms with Crippen LogP contribution < -0.4 is 10.1 Å². The lowest BCUT2D eigenvalue weighted by atomic mass is 9.88. The molecule has 3 heteroatoms. The molecule has 0 aliphatic heterocycles. The quantitative estimate of drug-likeness (QED) is 0.760. The zero-order valence-corrected chi connectivity index (χ0v) is 10.4. The molecule has 3 nitrogen and oxygen atoms in total. The highest BCUT2D eigenvalue weighted by Gasteiger charge is 2.18. The zero-order valence-electron chi connectivity index (χ0n) is 10.4. The van der Waals surface area contributed by atoms with Crippen molar-refractivity contribution in [1.29, 1.82) is 0 Å². The first kappa shape index (κ1) is 12.4. The number of hydrogen-bond donors (Lipinski definition) is 2. The Morgan fingerprint density at radius 1 is 1.41 bits per heavy atom. The maximum atomic E-state index is 8.77. The summed E-state index contributed by atoms with van der Waals surface area (Å²) in [5.41, 5.74) is 2.85. The van der Waals surface area contributed by atoms with Gasteiger partial charge >= 0.3 is 0 Å². The largest absolute Gasteiger partial charge is 0.497 e. The Kier molecular flexibility index (Phi) is 4.40. The molecule has 0 fully saturated rings. The highest BCUT2D eigenvalue weighted by Crippen LogP contribution is 2.25. The topological polar surface area (TPSA) is 41.5 Å². The Labute approximate surface area is 103 Å². The summed E-state index contributed by atoms with van der Waals surface area (Å²) in [4.78, 5) is 0. The molecule has 0 amide bonds. The van der Waals surface area contributed by atoms with Gasteiger partial charge < -0.3 is 15.2 Å². The van der Waals surface area contributed by atoms with Gasteiger partial charge in [-0.2, -0.15) is 0 Å². The average molecular weight is 235 g/mol. The minimum atomic E-state index is 0.268. The number of methoxy groups -OCH3 is 1. The van der Waals surface area contributed by atoms with Crippen molar-refractivity contribution in [2.24, 2.45) is 0 Å². The van der Waals surface area contributed by atoms with Crippen molar-refractivity contribution >= 4 is 0 Å². The van der Waals surface area contributed by atoms with Crippen LogP contribution >= 0.6 is 0 Å². The van der Waals surface area contributed by atoms with Crippen LogP contribution in [0.25, 0.3) is 0 Å². The third-order valence-corrected chi connectivity index (χ3v) is 3.41. The summed E-state index contributed by atoms with van der Waals surface area (Å²) in [5, 5.41) is 12.3. The lowest BCUT2D eigenvalue weighted by Gasteiger charge is -2.26. The first-order chi connectivity index (χ1) is 8.33. The lowest BCUT2D eigenvalue weighted by Crippen LogP contribution is -2.35. The van der Waals surface area contributed by atoms with E-state index in [1.807, 2.05) is 6.07 Å². The van der Waals surface area contributed by atoms with Crippen LogP contribution in [0, 0.1) is 0 Å². The van der Waals surface area contributed by atoms with E-state index in [4.69, 9.17) is 9.84 Å². The lowest BCUT2D eigenvalue weighted by molar-refractivity contribution is 0.281. The number of fused-ring (bicyclic) bond motifs is 1. The summed E-state index contributed by atoms with van der Waals surface area (Å²) in [6, 6.07) is 6.91. The van der Waals surface area contributed by atoms with Crippen LogP contribution in [-0.2, 0) is 12.8 Å². The first-order valence-electron chi connectivity index (χ1n) is 6.33. The summed E-state index contributed by atoms with van der Waals surface area (Å²) < 4.78 is 5.26. The zero-order chi connectivity index (χ0) is 12.1. The van der Waals surface area contributed by atoms with Crippen LogP contribution in [0.5, 0.6) is 5.75 Å². The third kappa shape index (κ3) is 3.20. The van der Waals surface area contributed by atoms with Gasteiger partial charge in [-0.15, -0.1) is 0 Å². The van der Waals surface area contributed by atoms with Gasteiger partial charge in [-0.1, -0.05) is 6.07 Å². The van der Waals surface area contributed by atoms with Crippen LogP contribution in [0.4, 0.5) is 0 Å². The van der Waals surface area contributed by atoms with Crippen molar-refractivity contribution in [3.05, 3.63) is 29.3 Å². The molecule has 2 N–H and O–H groups in total. The Morgan fingerprint density at radius 3 is 3.06 bits per heavy atom. The number of aliphatic hydroxyl groups excluding tert-OH is 1. The first-order valence-corrected chi connectivity index (χ1v) is 6.33. The van der Waals surface area contributed by atoms with E-state index in [0.29, 0.717) is 6.04 Å². The van der Waals surface area contributed by atoms with Gasteiger partial charge in [0.25, 0.3) is 0 Å². The van der Waals surface area contributed by atoms with E-state index >= 15 is 0 Å². The van der Waals surface area contributed by atoms with E-state index in [1.165, 1.54) is 17.5 Å². The van der Waals surface area contributed by atoms with E-state index in [2.05, 4.69) is 17.4 Å². The van der Waals surface area contributed by atoms with E-state index in [-0.39, 0.29) is 6.61 Å². The molecule has 0 spiro atoms. The second-order valence-electron chi connectivity index (χ2n) is 4.61. The second-order valence-corrected chi connectivity index (χ2v) is 4.61. The smallest absolute Gasteiger partial charge is 0.119 e. The molecule has 0 bridgehead atoms. The fourth-order valence-corrected chi connectivity index (χ4v) is 2.42. The van der Waals surface area contributed by atoms with Crippen molar-refractivity contribution < 1.29 is 9.84 Å². The molecule has 1 aliphatic carbocycles. The number of aryl methyl sites for hydroxylation is 1. The van der Waals surface area contributed by atoms with E-state index in [1.54, 1.807) is 7.11 Å². The highest BCUT2D eigenvalue weighted by molar-refractivity contribution is 5.37. The molecule has 0 radical (unpaired) electrons. The summed E-state index contributed by atoms with van der Waals surface area (Å²) in [7, 11) is 1.71. The number of benzene rings is 1.